The molecule has 1 aliphatic rings. The SMILES string of the molecule is CCOCCOc1nc(-c2ccc(C(F)(F)F)cc2)n(-c2cccc(NC(=O)C3CCC3)c2)n1. The van der Waals surface area contributed by atoms with Gasteiger partial charge in [0.15, 0.2) is 5.82 Å². The number of benzene rings is 2. The number of alkyl halides is 3. The number of anilines is 1. The second-order valence-corrected chi connectivity index (χ2v) is 7.92. The Kier molecular flexibility index (Phi) is 7.16. The summed E-state index contributed by atoms with van der Waals surface area (Å²) in [5.74, 6) is 0.315. The van der Waals surface area contributed by atoms with E-state index in [0.717, 1.165) is 31.4 Å². The van der Waals surface area contributed by atoms with E-state index in [-0.39, 0.29) is 24.4 Å². The van der Waals surface area contributed by atoms with Crippen LogP contribution in [-0.2, 0) is 15.7 Å². The van der Waals surface area contributed by atoms with Crippen LogP contribution in [0.1, 0.15) is 31.7 Å². The topological polar surface area (TPSA) is 78.3 Å². The Morgan fingerprint density at radius 2 is 1.91 bits per heavy atom. The molecule has 0 radical (unpaired) electrons. The minimum absolute atomic E-state index is 0.0232. The third-order valence-corrected chi connectivity index (χ3v) is 5.56. The quantitative estimate of drug-likeness (QED) is 0.436. The number of halogens is 3. The van der Waals surface area contributed by atoms with Crippen LogP contribution in [0, 0.1) is 5.92 Å². The summed E-state index contributed by atoms with van der Waals surface area (Å²) in [6.07, 6.45) is -1.61. The van der Waals surface area contributed by atoms with Gasteiger partial charge in [0.05, 0.1) is 17.9 Å². The molecule has 2 aromatic carbocycles. The summed E-state index contributed by atoms with van der Waals surface area (Å²) in [7, 11) is 0. The zero-order valence-electron chi connectivity index (χ0n) is 18.6. The highest BCUT2D eigenvalue weighted by atomic mass is 19.4. The summed E-state index contributed by atoms with van der Waals surface area (Å²) in [5, 5.41) is 7.32. The smallest absolute Gasteiger partial charge is 0.416 e. The monoisotopic (exact) mass is 474 g/mol. The van der Waals surface area contributed by atoms with Gasteiger partial charge in [0, 0.05) is 23.8 Å². The molecule has 1 heterocycles. The van der Waals surface area contributed by atoms with E-state index in [1.165, 1.54) is 16.8 Å². The number of rotatable bonds is 9. The zero-order chi connectivity index (χ0) is 24.1. The van der Waals surface area contributed by atoms with Gasteiger partial charge in [0.2, 0.25) is 5.91 Å². The number of carbonyl (C=O) groups excluding carboxylic acids is 1. The molecular formula is C24H25F3N4O3. The number of amides is 1. The summed E-state index contributed by atoms with van der Waals surface area (Å²) < 4.78 is 51.3. The molecule has 180 valence electrons. The van der Waals surface area contributed by atoms with Crippen LogP contribution in [0.3, 0.4) is 0 Å². The van der Waals surface area contributed by atoms with Crippen LogP contribution >= 0.6 is 0 Å². The molecule has 0 aliphatic heterocycles. The molecule has 10 heteroatoms. The van der Waals surface area contributed by atoms with Gasteiger partial charge >= 0.3 is 12.2 Å². The zero-order valence-corrected chi connectivity index (χ0v) is 18.6. The Labute approximate surface area is 194 Å². The van der Waals surface area contributed by atoms with Crippen molar-refractivity contribution in [1.29, 1.82) is 0 Å². The van der Waals surface area contributed by atoms with E-state index in [0.29, 0.717) is 36.0 Å². The first kappa shape index (κ1) is 23.7. The van der Waals surface area contributed by atoms with Gasteiger partial charge in [-0.15, -0.1) is 5.10 Å². The molecule has 1 aliphatic carbocycles. The molecule has 0 unspecified atom stereocenters. The minimum atomic E-state index is -4.44. The van der Waals surface area contributed by atoms with E-state index < -0.39 is 11.7 Å². The van der Waals surface area contributed by atoms with Gasteiger partial charge < -0.3 is 14.8 Å². The third kappa shape index (κ3) is 5.56. The molecular weight excluding hydrogens is 449 g/mol. The molecule has 7 nitrogen and oxygen atoms in total. The lowest BCUT2D eigenvalue weighted by atomic mass is 9.85. The van der Waals surface area contributed by atoms with Crippen LogP contribution in [0.5, 0.6) is 6.01 Å². The first-order chi connectivity index (χ1) is 16.3. The number of hydrogen-bond donors (Lipinski definition) is 1. The van der Waals surface area contributed by atoms with Crippen LogP contribution in [-0.4, -0.2) is 40.5 Å². The molecule has 1 N–H and O–H groups in total. The van der Waals surface area contributed by atoms with Crippen LogP contribution in [0.4, 0.5) is 18.9 Å². The highest BCUT2D eigenvalue weighted by molar-refractivity contribution is 5.93. The van der Waals surface area contributed by atoms with E-state index in [9.17, 15) is 18.0 Å². The fourth-order valence-corrected chi connectivity index (χ4v) is 3.50. The van der Waals surface area contributed by atoms with E-state index in [1.54, 1.807) is 24.3 Å². The summed E-state index contributed by atoms with van der Waals surface area (Å²) >= 11 is 0. The summed E-state index contributed by atoms with van der Waals surface area (Å²) in [6.45, 7) is 2.99. The van der Waals surface area contributed by atoms with Gasteiger partial charge in [-0.25, -0.2) is 4.68 Å². The predicted molar refractivity (Wildman–Crippen MR) is 120 cm³/mol. The van der Waals surface area contributed by atoms with Gasteiger partial charge in [-0.2, -0.15) is 18.2 Å². The maximum absolute atomic E-state index is 13.0. The van der Waals surface area contributed by atoms with Gasteiger partial charge in [0.25, 0.3) is 0 Å². The summed E-state index contributed by atoms with van der Waals surface area (Å²) in [6, 6.07) is 11.8. The number of carbonyl (C=O) groups is 1. The largest absolute Gasteiger partial charge is 0.460 e. The Morgan fingerprint density at radius 1 is 1.15 bits per heavy atom. The first-order valence-electron chi connectivity index (χ1n) is 11.1. The molecule has 0 saturated heterocycles. The van der Waals surface area contributed by atoms with Crippen molar-refractivity contribution in [3.63, 3.8) is 0 Å². The summed E-state index contributed by atoms with van der Waals surface area (Å²) in [5.41, 5.74) is 0.857. The molecule has 4 rings (SSSR count). The lowest BCUT2D eigenvalue weighted by Gasteiger charge is -2.24. The van der Waals surface area contributed by atoms with Crippen LogP contribution < -0.4 is 10.1 Å². The van der Waals surface area contributed by atoms with Crippen LogP contribution in [0.25, 0.3) is 17.1 Å². The number of ether oxygens (including phenoxy) is 2. The molecule has 34 heavy (non-hydrogen) atoms. The molecule has 1 amide bonds. The van der Waals surface area contributed by atoms with Crippen molar-refractivity contribution in [2.75, 3.05) is 25.1 Å². The van der Waals surface area contributed by atoms with E-state index >= 15 is 0 Å². The van der Waals surface area contributed by atoms with Crippen LogP contribution in [0.2, 0.25) is 0 Å². The van der Waals surface area contributed by atoms with Crippen molar-refractivity contribution in [1.82, 2.24) is 14.8 Å². The maximum atomic E-state index is 13.0. The van der Waals surface area contributed by atoms with Gasteiger partial charge in [-0.05, 0) is 50.1 Å². The predicted octanol–water partition coefficient (Wildman–Crippen LogP) is 5.11. The van der Waals surface area contributed by atoms with Crippen molar-refractivity contribution in [3.8, 4) is 23.1 Å². The van der Waals surface area contributed by atoms with E-state index in [2.05, 4.69) is 15.4 Å². The molecule has 0 bridgehead atoms. The van der Waals surface area contributed by atoms with Gasteiger partial charge in [-0.1, -0.05) is 24.6 Å². The number of hydrogen-bond acceptors (Lipinski definition) is 5. The molecule has 1 saturated carbocycles. The normalized spacial score (nSPS) is 14.0. The van der Waals surface area contributed by atoms with Crippen molar-refractivity contribution < 1.29 is 27.4 Å². The minimum Gasteiger partial charge on any atom is -0.460 e. The van der Waals surface area contributed by atoms with Gasteiger partial charge in [-0.3, -0.25) is 4.79 Å². The van der Waals surface area contributed by atoms with Crippen molar-refractivity contribution >= 4 is 11.6 Å². The second kappa shape index (κ2) is 10.3. The van der Waals surface area contributed by atoms with Crippen molar-refractivity contribution in [2.24, 2.45) is 5.92 Å². The van der Waals surface area contributed by atoms with Gasteiger partial charge in [0.1, 0.15) is 6.61 Å². The van der Waals surface area contributed by atoms with E-state index in [4.69, 9.17) is 9.47 Å². The number of nitrogens with one attached hydrogen (secondary N) is 1. The molecule has 0 atom stereocenters. The highest BCUT2D eigenvalue weighted by Gasteiger charge is 2.30. The van der Waals surface area contributed by atoms with Crippen LogP contribution in [0.15, 0.2) is 48.5 Å². The Balaban J connectivity index is 1.64. The van der Waals surface area contributed by atoms with Crippen molar-refractivity contribution in [2.45, 2.75) is 32.4 Å². The lowest BCUT2D eigenvalue weighted by Crippen LogP contribution is -2.28. The number of nitrogens with zero attached hydrogens (tertiary/aromatic N) is 3. The lowest BCUT2D eigenvalue weighted by molar-refractivity contribution is -0.137. The first-order valence-corrected chi connectivity index (χ1v) is 11.1. The summed E-state index contributed by atoms with van der Waals surface area (Å²) in [4.78, 5) is 16.7. The molecule has 1 fully saturated rings. The average molecular weight is 474 g/mol. The Morgan fingerprint density at radius 3 is 2.56 bits per heavy atom. The van der Waals surface area contributed by atoms with Crippen molar-refractivity contribution in [3.05, 3.63) is 54.1 Å². The standard InChI is InChI=1S/C24H25F3N4O3/c1-2-33-13-14-34-23-29-21(16-9-11-18(12-10-16)24(25,26)27)31(30-23)20-8-4-7-19(15-20)28-22(32)17-5-3-6-17/h4,7-12,15,17H,2-3,5-6,13-14H2,1H3,(H,28,32). The Hall–Kier alpha value is -3.40. The Bertz CT molecular complexity index is 1130. The fourth-order valence-electron chi connectivity index (χ4n) is 3.50. The van der Waals surface area contributed by atoms with E-state index in [1.807, 2.05) is 6.92 Å². The molecule has 1 aromatic heterocycles. The second-order valence-electron chi connectivity index (χ2n) is 7.92. The molecule has 0 spiro atoms. The maximum Gasteiger partial charge on any atom is 0.416 e. The number of aromatic nitrogens is 3. The average Bonchev–Trinajstić information content (AvgIpc) is 3.19. The fraction of sp³-hybridized carbons (Fsp3) is 0.375. The molecule has 3 aromatic rings. The third-order valence-electron chi connectivity index (χ3n) is 5.56. The highest BCUT2D eigenvalue weighted by Crippen LogP contribution is 2.32.